The van der Waals surface area contributed by atoms with E-state index in [1.54, 1.807) is 0 Å². The summed E-state index contributed by atoms with van der Waals surface area (Å²) in [4.78, 5) is 2.52. The Hall–Kier alpha value is -0.380. The second-order valence-electron chi connectivity index (χ2n) is 4.66. The summed E-state index contributed by atoms with van der Waals surface area (Å²) in [6.45, 7) is 10.7. The molecule has 0 radical (unpaired) electrons. The number of rotatable bonds is 8. The van der Waals surface area contributed by atoms with E-state index in [4.69, 9.17) is 5.11 Å². The van der Waals surface area contributed by atoms with Gasteiger partial charge in [-0.15, -0.1) is 0 Å². The second-order valence-corrected chi connectivity index (χ2v) is 4.66. The van der Waals surface area contributed by atoms with Gasteiger partial charge < -0.3 is 10.4 Å². The number of likely N-dealkylation sites (N-methyl/N-ethyl adjacent to an activating group) is 1. The van der Waals surface area contributed by atoms with E-state index in [0.717, 1.165) is 32.5 Å². The third-order valence-electron chi connectivity index (χ3n) is 3.25. The van der Waals surface area contributed by atoms with Gasteiger partial charge in [0.05, 0.1) is 0 Å². The zero-order valence-electron chi connectivity index (χ0n) is 10.5. The number of aliphatic hydroxyl groups is 1. The quantitative estimate of drug-likeness (QED) is 0.614. The lowest BCUT2D eigenvalue weighted by molar-refractivity contribution is 0.227. The van der Waals surface area contributed by atoms with Crippen LogP contribution in [0.4, 0.5) is 0 Å². The summed E-state index contributed by atoms with van der Waals surface area (Å²) in [5.41, 5.74) is 1.28. The molecular weight excluding hydrogens is 200 g/mol. The summed E-state index contributed by atoms with van der Waals surface area (Å²) < 4.78 is 0. The highest BCUT2D eigenvalue weighted by atomic mass is 16.2. The van der Waals surface area contributed by atoms with Crippen molar-refractivity contribution in [2.24, 2.45) is 0 Å². The van der Waals surface area contributed by atoms with Gasteiger partial charge in [0.2, 0.25) is 0 Å². The maximum Gasteiger partial charge on any atom is 0.0431 e. The van der Waals surface area contributed by atoms with Gasteiger partial charge in [-0.05, 0) is 44.3 Å². The Bertz CT molecular complexity index is 206. The van der Waals surface area contributed by atoms with Crippen molar-refractivity contribution < 1.29 is 5.11 Å². The zero-order valence-corrected chi connectivity index (χ0v) is 10.5. The highest BCUT2D eigenvalue weighted by Crippen LogP contribution is 2.21. The lowest BCUT2D eigenvalue weighted by atomic mass is 10.1. The molecule has 3 heteroatoms. The molecular formula is C13H26N2O. The van der Waals surface area contributed by atoms with Crippen LogP contribution in [0.2, 0.25) is 0 Å². The largest absolute Gasteiger partial charge is 0.396 e. The van der Waals surface area contributed by atoms with Gasteiger partial charge in [-0.3, -0.25) is 4.90 Å². The summed E-state index contributed by atoms with van der Waals surface area (Å²) >= 11 is 0. The van der Waals surface area contributed by atoms with E-state index in [2.05, 4.69) is 23.7 Å². The van der Waals surface area contributed by atoms with Gasteiger partial charge in [0, 0.05) is 25.7 Å². The molecule has 0 amide bonds. The van der Waals surface area contributed by atoms with Crippen molar-refractivity contribution in [1.29, 1.82) is 0 Å². The number of hydrogen-bond acceptors (Lipinski definition) is 3. The molecule has 2 N–H and O–H groups in total. The van der Waals surface area contributed by atoms with Crippen LogP contribution in [-0.4, -0.2) is 48.8 Å². The highest BCUT2D eigenvalue weighted by Gasteiger charge is 2.23. The number of nitrogens with one attached hydrogen (secondary N) is 1. The molecule has 16 heavy (non-hydrogen) atoms. The predicted octanol–water partition coefficient (Wildman–Crippen LogP) is 1.39. The van der Waals surface area contributed by atoms with Gasteiger partial charge in [0.25, 0.3) is 0 Å². The molecule has 0 spiro atoms. The first kappa shape index (κ1) is 13.7. The third kappa shape index (κ3) is 4.64. The van der Waals surface area contributed by atoms with Crippen LogP contribution in [0, 0.1) is 0 Å². The highest BCUT2D eigenvalue weighted by molar-refractivity contribution is 5.01. The minimum Gasteiger partial charge on any atom is -0.396 e. The Labute approximate surface area is 99.5 Å². The Kier molecular flexibility index (Phi) is 6.69. The van der Waals surface area contributed by atoms with Crippen molar-refractivity contribution in [1.82, 2.24) is 10.2 Å². The van der Waals surface area contributed by atoms with Crippen molar-refractivity contribution in [2.75, 3.05) is 32.8 Å². The van der Waals surface area contributed by atoms with Crippen molar-refractivity contribution in [2.45, 2.75) is 38.6 Å². The molecule has 94 valence electrons. The smallest absolute Gasteiger partial charge is 0.0431 e. The van der Waals surface area contributed by atoms with Crippen molar-refractivity contribution in [3.8, 4) is 0 Å². The van der Waals surface area contributed by atoms with Crippen LogP contribution >= 0.6 is 0 Å². The summed E-state index contributed by atoms with van der Waals surface area (Å²) in [6, 6.07) is 0.672. The minimum atomic E-state index is 0.322. The maximum absolute atomic E-state index is 8.86. The van der Waals surface area contributed by atoms with E-state index in [1.165, 1.54) is 25.0 Å². The fourth-order valence-corrected chi connectivity index (χ4v) is 2.40. The lowest BCUT2D eigenvalue weighted by Crippen LogP contribution is -2.33. The van der Waals surface area contributed by atoms with E-state index in [0.29, 0.717) is 12.6 Å². The van der Waals surface area contributed by atoms with E-state index in [1.807, 2.05) is 0 Å². The molecule has 3 nitrogen and oxygen atoms in total. The van der Waals surface area contributed by atoms with Crippen LogP contribution in [0.15, 0.2) is 12.2 Å². The van der Waals surface area contributed by atoms with E-state index in [-0.39, 0.29) is 0 Å². The van der Waals surface area contributed by atoms with Gasteiger partial charge in [-0.25, -0.2) is 0 Å². The van der Waals surface area contributed by atoms with E-state index >= 15 is 0 Å². The average Bonchev–Trinajstić information content (AvgIpc) is 2.71. The molecule has 0 saturated carbocycles. The van der Waals surface area contributed by atoms with Gasteiger partial charge >= 0.3 is 0 Å². The second kappa shape index (κ2) is 7.82. The molecule has 1 aliphatic rings. The Balaban J connectivity index is 2.25. The monoisotopic (exact) mass is 226 g/mol. The molecule has 0 aromatic rings. The molecule has 1 atom stereocenters. The maximum atomic E-state index is 8.86. The Morgan fingerprint density at radius 3 is 3.06 bits per heavy atom. The van der Waals surface area contributed by atoms with E-state index in [9.17, 15) is 0 Å². The number of nitrogens with zero attached hydrogens (tertiary/aromatic N) is 1. The average molecular weight is 226 g/mol. The first-order valence-corrected chi connectivity index (χ1v) is 6.50. The molecule has 0 aromatic carbocycles. The van der Waals surface area contributed by atoms with Crippen molar-refractivity contribution in [3.05, 3.63) is 12.2 Å². The van der Waals surface area contributed by atoms with Crippen LogP contribution in [-0.2, 0) is 0 Å². The Morgan fingerprint density at radius 1 is 1.56 bits per heavy atom. The molecule has 0 bridgehead atoms. The minimum absolute atomic E-state index is 0.322. The number of hydrogen-bond donors (Lipinski definition) is 2. The first-order chi connectivity index (χ1) is 7.77. The van der Waals surface area contributed by atoms with Gasteiger partial charge in [0.1, 0.15) is 0 Å². The third-order valence-corrected chi connectivity index (χ3v) is 3.25. The molecule has 1 unspecified atom stereocenters. The predicted molar refractivity (Wildman–Crippen MR) is 68.6 cm³/mol. The topological polar surface area (TPSA) is 35.5 Å². The first-order valence-electron chi connectivity index (χ1n) is 6.50. The summed E-state index contributed by atoms with van der Waals surface area (Å²) in [6.07, 6.45) is 4.64. The molecule has 0 aliphatic carbocycles. The molecule has 1 aliphatic heterocycles. The molecule has 1 fully saturated rings. The molecule has 1 rings (SSSR count). The summed E-state index contributed by atoms with van der Waals surface area (Å²) in [5, 5.41) is 12.2. The summed E-state index contributed by atoms with van der Waals surface area (Å²) in [5.74, 6) is 0. The number of likely N-dealkylation sites (tertiary alicyclic amines) is 1. The van der Waals surface area contributed by atoms with Crippen LogP contribution < -0.4 is 5.32 Å². The standard InChI is InChI=1S/C13H26N2O/c1-3-14-10-12(2)11-15-8-4-6-13(15)7-5-9-16/h13-14,16H,2-11H2,1H3. The van der Waals surface area contributed by atoms with Crippen LogP contribution in [0.5, 0.6) is 0 Å². The van der Waals surface area contributed by atoms with Gasteiger partial charge in [-0.2, -0.15) is 0 Å². The summed E-state index contributed by atoms with van der Waals surface area (Å²) in [7, 11) is 0. The fourth-order valence-electron chi connectivity index (χ4n) is 2.40. The molecule has 1 heterocycles. The van der Waals surface area contributed by atoms with Crippen molar-refractivity contribution in [3.63, 3.8) is 0 Å². The van der Waals surface area contributed by atoms with E-state index < -0.39 is 0 Å². The van der Waals surface area contributed by atoms with Crippen LogP contribution in [0.25, 0.3) is 0 Å². The van der Waals surface area contributed by atoms with Crippen LogP contribution in [0.1, 0.15) is 32.6 Å². The van der Waals surface area contributed by atoms with Gasteiger partial charge in [0.15, 0.2) is 0 Å². The molecule has 0 aromatic heterocycles. The number of aliphatic hydroxyl groups excluding tert-OH is 1. The molecule has 1 saturated heterocycles. The zero-order chi connectivity index (χ0) is 11.8. The van der Waals surface area contributed by atoms with Crippen LogP contribution in [0.3, 0.4) is 0 Å². The van der Waals surface area contributed by atoms with Crippen molar-refractivity contribution >= 4 is 0 Å². The normalized spacial score (nSPS) is 21.5. The fraction of sp³-hybridized carbons (Fsp3) is 0.846. The lowest BCUT2D eigenvalue weighted by Gasteiger charge is -2.25. The Morgan fingerprint density at radius 2 is 2.38 bits per heavy atom. The van der Waals surface area contributed by atoms with Gasteiger partial charge in [-0.1, -0.05) is 13.5 Å². The SMILES string of the molecule is C=C(CNCC)CN1CCCC1CCCO.